The van der Waals surface area contributed by atoms with Crippen molar-refractivity contribution in [3.63, 3.8) is 0 Å². The molecule has 1 aliphatic rings. The minimum absolute atomic E-state index is 0.0341. The monoisotopic (exact) mass is 373 g/mol. The van der Waals surface area contributed by atoms with Gasteiger partial charge in [0.05, 0.1) is 23.9 Å². The summed E-state index contributed by atoms with van der Waals surface area (Å²) in [7, 11) is -3.62. The molecule has 12 heteroatoms. The predicted octanol–water partition coefficient (Wildman–Crippen LogP) is -1.61. The molecule has 4 atom stereocenters. The van der Waals surface area contributed by atoms with Crippen LogP contribution < -0.4 is 10.5 Å². The van der Waals surface area contributed by atoms with Crippen LogP contribution in [0.4, 0.5) is 11.5 Å². The molecule has 1 aliphatic heterocycles. The molecule has 0 aliphatic carbocycles. The van der Waals surface area contributed by atoms with E-state index in [9.17, 15) is 23.7 Å². The summed E-state index contributed by atoms with van der Waals surface area (Å²) in [5.41, 5.74) is 4.39. The zero-order valence-electron chi connectivity index (χ0n) is 13.5. The first kappa shape index (κ1) is 17.8. The first-order chi connectivity index (χ1) is 11.6. The Labute approximate surface area is 143 Å². The molecule has 0 amide bonds. The Morgan fingerprint density at radius 1 is 1.48 bits per heavy atom. The Hall–Kier alpha value is -1.99. The van der Waals surface area contributed by atoms with Gasteiger partial charge in [-0.2, -0.15) is 0 Å². The average molecular weight is 373 g/mol. The van der Waals surface area contributed by atoms with Crippen molar-refractivity contribution in [1.29, 1.82) is 0 Å². The lowest BCUT2D eigenvalue weighted by atomic mass is 9.96. The summed E-state index contributed by atoms with van der Waals surface area (Å²) in [4.78, 5) is 7.93. The number of nitrogens with two attached hydrogens (primary N) is 1. The van der Waals surface area contributed by atoms with Gasteiger partial charge < -0.3 is 30.4 Å². The van der Waals surface area contributed by atoms with E-state index < -0.39 is 40.7 Å². The smallest absolute Gasteiger partial charge is 0.229 e. The van der Waals surface area contributed by atoms with Gasteiger partial charge in [-0.3, -0.25) is 4.72 Å². The van der Waals surface area contributed by atoms with Crippen molar-refractivity contribution in [3.05, 3.63) is 12.5 Å². The highest BCUT2D eigenvalue weighted by Crippen LogP contribution is 2.41. The zero-order chi connectivity index (χ0) is 18.6. The largest absolute Gasteiger partial charge is 0.394 e. The third kappa shape index (κ3) is 2.91. The minimum atomic E-state index is -3.62. The lowest BCUT2D eigenvalue weighted by Gasteiger charge is -2.27. The van der Waals surface area contributed by atoms with E-state index in [0.29, 0.717) is 0 Å². The van der Waals surface area contributed by atoms with Gasteiger partial charge in [-0.25, -0.2) is 18.4 Å². The molecule has 0 saturated carbocycles. The Balaban J connectivity index is 2.19. The molecule has 11 nitrogen and oxygen atoms in total. The third-order valence-corrected chi connectivity index (χ3v) is 4.71. The predicted molar refractivity (Wildman–Crippen MR) is 88.0 cm³/mol. The molecule has 1 saturated heterocycles. The molecule has 0 spiro atoms. The molecular weight excluding hydrogens is 354 g/mol. The molecule has 2 aromatic heterocycles. The molecule has 2 aromatic rings. The molecule has 3 heterocycles. The number of nitrogen functional groups attached to an aromatic ring is 1. The van der Waals surface area contributed by atoms with Crippen LogP contribution in [0.2, 0.25) is 0 Å². The summed E-state index contributed by atoms with van der Waals surface area (Å²) < 4.78 is 32.4. The number of anilines is 2. The van der Waals surface area contributed by atoms with Crippen molar-refractivity contribution in [3.8, 4) is 0 Å². The number of aliphatic hydroxyl groups is 3. The highest BCUT2D eigenvalue weighted by Gasteiger charge is 2.53. The average Bonchev–Trinajstić information content (AvgIpc) is 2.95. The van der Waals surface area contributed by atoms with E-state index in [1.54, 1.807) is 0 Å². The number of nitrogens with one attached hydrogen (secondary N) is 1. The molecule has 0 radical (unpaired) electrons. The Morgan fingerprint density at radius 3 is 2.72 bits per heavy atom. The van der Waals surface area contributed by atoms with Crippen LogP contribution in [0.5, 0.6) is 0 Å². The number of hydrogen-bond donors (Lipinski definition) is 5. The molecule has 0 aromatic carbocycles. The molecule has 25 heavy (non-hydrogen) atoms. The summed E-state index contributed by atoms with van der Waals surface area (Å²) in [6.07, 6.45) is 0.00821. The SMILES string of the molecule is C[C@@]1(O)[C@H](O)[C@@H](CO)O[C@H]1n1cc(NS(C)(=O)=O)c2c(N)ncnc21. The van der Waals surface area contributed by atoms with Gasteiger partial charge in [0.15, 0.2) is 6.23 Å². The maximum atomic E-state index is 11.6. The summed E-state index contributed by atoms with van der Waals surface area (Å²) in [5, 5.41) is 30.3. The molecule has 1 fully saturated rings. The number of nitrogens with zero attached hydrogens (tertiary/aromatic N) is 3. The molecular formula is C13H19N5O6S. The van der Waals surface area contributed by atoms with Crippen LogP contribution in [0.3, 0.4) is 0 Å². The summed E-state index contributed by atoms with van der Waals surface area (Å²) in [6, 6.07) is 0. The topological polar surface area (TPSA) is 173 Å². The van der Waals surface area contributed by atoms with Crippen molar-refractivity contribution in [2.24, 2.45) is 0 Å². The van der Waals surface area contributed by atoms with Gasteiger partial charge in [0.2, 0.25) is 10.0 Å². The number of ether oxygens (including phenoxy) is 1. The first-order valence-corrected chi connectivity index (χ1v) is 9.21. The van der Waals surface area contributed by atoms with Gasteiger partial charge in [-0.1, -0.05) is 0 Å². The second-order valence-electron chi connectivity index (χ2n) is 6.16. The van der Waals surface area contributed by atoms with Crippen LogP contribution in [0.1, 0.15) is 13.2 Å². The number of sulfonamides is 1. The molecule has 138 valence electrons. The molecule has 0 unspecified atom stereocenters. The van der Waals surface area contributed by atoms with Crippen molar-refractivity contribution >= 4 is 32.6 Å². The first-order valence-electron chi connectivity index (χ1n) is 7.32. The van der Waals surface area contributed by atoms with Crippen LogP contribution >= 0.6 is 0 Å². The van der Waals surface area contributed by atoms with Crippen LogP contribution in [0.15, 0.2) is 12.5 Å². The normalized spacial score (nSPS) is 30.0. The van der Waals surface area contributed by atoms with E-state index in [4.69, 9.17) is 10.5 Å². The molecule has 6 N–H and O–H groups in total. The van der Waals surface area contributed by atoms with E-state index in [0.717, 1.165) is 6.26 Å². The fourth-order valence-corrected chi connectivity index (χ4v) is 3.51. The van der Waals surface area contributed by atoms with E-state index in [1.807, 2.05) is 0 Å². The van der Waals surface area contributed by atoms with Crippen LogP contribution in [0, 0.1) is 0 Å². The fourth-order valence-electron chi connectivity index (χ4n) is 2.95. The van der Waals surface area contributed by atoms with Gasteiger partial charge in [0.1, 0.15) is 35.6 Å². The minimum Gasteiger partial charge on any atom is -0.394 e. The van der Waals surface area contributed by atoms with Crippen molar-refractivity contribution in [2.45, 2.75) is 31.0 Å². The number of hydrogen-bond acceptors (Lipinski definition) is 9. The summed E-state index contributed by atoms with van der Waals surface area (Å²) >= 11 is 0. The maximum Gasteiger partial charge on any atom is 0.229 e. The van der Waals surface area contributed by atoms with E-state index in [-0.39, 0.29) is 22.5 Å². The van der Waals surface area contributed by atoms with Gasteiger partial charge >= 0.3 is 0 Å². The quantitative estimate of drug-likeness (QED) is 0.422. The van der Waals surface area contributed by atoms with Crippen molar-refractivity contribution < 1.29 is 28.5 Å². The van der Waals surface area contributed by atoms with Crippen molar-refractivity contribution in [1.82, 2.24) is 14.5 Å². The number of aromatic nitrogens is 3. The standard InChI is InChI=1S/C13H19N5O6S/c1-13(21)9(20)7(4-19)24-12(13)18-3-6(17-25(2,22)23)8-10(14)15-5-16-11(8)18/h3,5,7,9,12,17,19-21H,4H2,1-2H3,(H2,14,15,16)/t7-,9-,12-,13-/m1/s1. The second kappa shape index (κ2) is 5.78. The zero-order valence-corrected chi connectivity index (χ0v) is 14.3. The van der Waals surface area contributed by atoms with Crippen LogP contribution in [-0.4, -0.2) is 68.9 Å². The second-order valence-corrected chi connectivity index (χ2v) is 7.91. The lowest BCUT2D eigenvalue weighted by molar-refractivity contribution is -0.0947. The fraction of sp³-hybridized carbons (Fsp3) is 0.538. The summed E-state index contributed by atoms with van der Waals surface area (Å²) in [5.74, 6) is 0.0341. The Kier molecular flexibility index (Phi) is 4.12. The highest BCUT2D eigenvalue weighted by molar-refractivity contribution is 7.92. The third-order valence-electron chi connectivity index (χ3n) is 4.12. The Bertz CT molecular complexity index is 911. The van der Waals surface area contributed by atoms with Gasteiger partial charge in [-0.15, -0.1) is 0 Å². The summed E-state index contributed by atoms with van der Waals surface area (Å²) in [6.45, 7) is 0.844. The number of fused-ring (bicyclic) bond motifs is 1. The molecule has 3 rings (SSSR count). The van der Waals surface area contributed by atoms with E-state index in [1.165, 1.54) is 24.0 Å². The lowest BCUT2D eigenvalue weighted by Crippen LogP contribution is -2.44. The number of aliphatic hydroxyl groups excluding tert-OH is 2. The molecule has 0 bridgehead atoms. The Morgan fingerprint density at radius 2 is 2.16 bits per heavy atom. The van der Waals surface area contributed by atoms with Crippen LogP contribution in [-0.2, 0) is 14.8 Å². The van der Waals surface area contributed by atoms with Crippen LogP contribution in [0.25, 0.3) is 11.0 Å². The number of rotatable bonds is 4. The van der Waals surface area contributed by atoms with Gasteiger partial charge in [-0.05, 0) is 6.92 Å². The van der Waals surface area contributed by atoms with Gasteiger partial charge in [0, 0.05) is 6.20 Å². The van der Waals surface area contributed by atoms with Crippen molar-refractivity contribution in [2.75, 3.05) is 23.3 Å². The van der Waals surface area contributed by atoms with Gasteiger partial charge in [0.25, 0.3) is 0 Å². The maximum absolute atomic E-state index is 11.6. The van der Waals surface area contributed by atoms with E-state index >= 15 is 0 Å². The van der Waals surface area contributed by atoms with E-state index in [2.05, 4.69) is 14.7 Å². The highest BCUT2D eigenvalue weighted by atomic mass is 32.2.